The Morgan fingerprint density at radius 3 is 2.38 bits per heavy atom. The summed E-state index contributed by atoms with van der Waals surface area (Å²) in [5.41, 5.74) is 7.88. The van der Waals surface area contributed by atoms with Crippen LogP contribution in [0.1, 0.15) is 25.8 Å². The van der Waals surface area contributed by atoms with Gasteiger partial charge < -0.3 is 10.6 Å². The Morgan fingerprint density at radius 1 is 1.19 bits per heavy atom. The molecule has 90 valence electrons. The first-order valence-corrected chi connectivity index (χ1v) is 6.11. The zero-order valence-electron chi connectivity index (χ0n) is 10.7. The molecule has 0 unspecified atom stereocenters. The molecule has 2 heteroatoms. The molecule has 0 fully saturated rings. The highest BCUT2D eigenvalue weighted by Crippen LogP contribution is 2.08. The molecule has 2 N–H and O–H groups in total. The number of rotatable bonds is 6. The first kappa shape index (κ1) is 13.0. The predicted octanol–water partition coefficient (Wildman–Crippen LogP) is 2.79. The minimum absolute atomic E-state index is 0.751. The molecule has 0 atom stereocenters. The van der Waals surface area contributed by atoms with Crippen molar-refractivity contribution in [3.05, 3.63) is 29.8 Å². The molecule has 16 heavy (non-hydrogen) atoms. The molecule has 0 aliphatic heterocycles. The second-order valence-electron chi connectivity index (χ2n) is 5.00. The van der Waals surface area contributed by atoms with E-state index in [4.69, 9.17) is 5.73 Å². The van der Waals surface area contributed by atoms with E-state index in [1.807, 2.05) is 12.1 Å². The highest BCUT2D eigenvalue weighted by atomic mass is 15.1. The Morgan fingerprint density at radius 2 is 1.81 bits per heavy atom. The first-order chi connectivity index (χ1) is 7.58. The summed E-state index contributed by atoms with van der Waals surface area (Å²) in [7, 11) is 2.20. The van der Waals surface area contributed by atoms with E-state index < -0.39 is 0 Å². The van der Waals surface area contributed by atoms with E-state index in [9.17, 15) is 0 Å². The molecule has 0 saturated carbocycles. The lowest BCUT2D eigenvalue weighted by molar-refractivity contribution is 0.292. The van der Waals surface area contributed by atoms with Gasteiger partial charge in [0.2, 0.25) is 0 Å². The number of hydrogen-bond donors (Lipinski definition) is 1. The van der Waals surface area contributed by atoms with E-state index in [0.29, 0.717) is 0 Å². The number of nitrogens with zero attached hydrogens (tertiary/aromatic N) is 1. The van der Waals surface area contributed by atoms with Crippen LogP contribution in [0.15, 0.2) is 24.3 Å². The Bertz CT molecular complexity index is 290. The normalized spacial score (nSPS) is 11.3. The minimum atomic E-state index is 0.751. The smallest absolute Gasteiger partial charge is 0.0314 e. The van der Waals surface area contributed by atoms with Crippen molar-refractivity contribution in [2.45, 2.75) is 26.7 Å². The van der Waals surface area contributed by atoms with Gasteiger partial charge in [-0.05, 0) is 50.0 Å². The number of nitrogens with two attached hydrogens (primary N) is 1. The molecule has 0 aliphatic carbocycles. The van der Waals surface area contributed by atoms with E-state index in [1.165, 1.54) is 25.1 Å². The number of benzene rings is 1. The van der Waals surface area contributed by atoms with E-state index in [0.717, 1.165) is 18.0 Å². The van der Waals surface area contributed by atoms with E-state index >= 15 is 0 Å². The van der Waals surface area contributed by atoms with Gasteiger partial charge in [-0.25, -0.2) is 0 Å². The van der Waals surface area contributed by atoms with Crippen LogP contribution in [0.5, 0.6) is 0 Å². The van der Waals surface area contributed by atoms with Crippen molar-refractivity contribution in [1.29, 1.82) is 0 Å². The van der Waals surface area contributed by atoms with Gasteiger partial charge in [0.15, 0.2) is 0 Å². The highest BCUT2D eigenvalue weighted by molar-refractivity contribution is 5.39. The summed E-state index contributed by atoms with van der Waals surface area (Å²) in [5.74, 6) is 0.751. The molecule has 0 saturated heterocycles. The fourth-order valence-electron chi connectivity index (χ4n) is 1.95. The van der Waals surface area contributed by atoms with Crippen LogP contribution >= 0.6 is 0 Å². The predicted molar refractivity (Wildman–Crippen MR) is 71.5 cm³/mol. The van der Waals surface area contributed by atoms with Crippen molar-refractivity contribution in [2.75, 3.05) is 25.9 Å². The summed E-state index contributed by atoms with van der Waals surface area (Å²) in [6, 6.07) is 8.20. The zero-order chi connectivity index (χ0) is 12.0. The van der Waals surface area contributed by atoms with Gasteiger partial charge in [-0.2, -0.15) is 0 Å². The van der Waals surface area contributed by atoms with Crippen LogP contribution in [-0.4, -0.2) is 25.0 Å². The summed E-state index contributed by atoms with van der Waals surface area (Å²) in [4.78, 5) is 2.40. The van der Waals surface area contributed by atoms with Crippen LogP contribution in [0.4, 0.5) is 5.69 Å². The Balaban J connectivity index is 2.22. The largest absolute Gasteiger partial charge is 0.399 e. The second kappa shape index (κ2) is 6.54. The molecule has 0 bridgehead atoms. The topological polar surface area (TPSA) is 29.3 Å². The van der Waals surface area contributed by atoms with Crippen molar-refractivity contribution >= 4 is 5.69 Å². The number of aryl methyl sites for hydroxylation is 1. The maximum absolute atomic E-state index is 5.65. The van der Waals surface area contributed by atoms with Crippen LogP contribution in [-0.2, 0) is 6.42 Å². The maximum Gasteiger partial charge on any atom is 0.0314 e. The van der Waals surface area contributed by atoms with Gasteiger partial charge in [-0.3, -0.25) is 0 Å². The third-order valence-electron chi connectivity index (χ3n) is 2.66. The van der Waals surface area contributed by atoms with Crippen LogP contribution in [0, 0.1) is 5.92 Å². The molecule has 0 aromatic heterocycles. The highest BCUT2D eigenvalue weighted by Gasteiger charge is 2.01. The summed E-state index contributed by atoms with van der Waals surface area (Å²) in [5, 5.41) is 0. The zero-order valence-corrected chi connectivity index (χ0v) is 10.7. The minimum Gasteiger partial charge on any atom is -0.399 e. The van der Waals surface area contributed by atoms with Crippen LogP contribution < -0.4 is 5.73 Å². The van der Waals surface area contributed by atoms with Gasteiger partial charge in [-0.1, -0.05) is 26.0 Å². The molecule has 0 amide bonds. The monoisotopic (exact) mass is 220 g/mol. The van der Waals surface area contributed by atoms with Crippen molar-refractivity contribution < 1.29 is 0 Å². The van der Waals surface area contributed by atoms with Crippen LogP contribution in [0.3, 0.4) is 0 Å². The van der Waals surface area contributed by atoms with Gasteiger partial charge in [0.25, 0.3) is 0 Å². The van der Waals surface area contributed by atoms with Gasteiger partial charge in [-0.15, -0.1) is 0 Å². The average molecular weight is 220 g/mol. The molecule has 1 aromatic rings. The van der Waals surface area contributed by atoms with E-state index in [1.54, 1.807) is 0 Å². The van der Waals surface area contributed by atoms with Crippen molar-refractivity contribution in [3.8, 4) is 0 Å². The molecule has 0 aliphatic rings. The number of hydrogen-bond acceptors (Lipinski definition) is 2. The van der Waals surface area contributed by atoms with E-state index in [-0.39, 0.29) is 0 Å². The lowest BCUT2D eigenvalue weighted by Crippen LogP contribution is -2.24. The standard InChI is InChI=1S/C14H24N2/c1-12(2)11-16(3)10-4-5-13-6-8-14(15)9-7-13/h6-9,12H,4-5,10-11,15H2,1-3H3. The van der Waals surface area contributed by atoms with Crippen molar-refractivity contribution in [3.63, 3.8) is 0 Å². The molecule has 2 nitrogen and oxygen atoms in total. The van der Waals surface area contributed by atoms with Crippen molar-refractivity contribution in [1.82, 2.24) is 4.90 Å². The maximum atomic E-state index is 5.65. The van der Waals surface area contributed by atoms with Gasteiger partial charge >= 0.3 is 0 Å². The van der Waals surface area contributed by atoms with Crippen molar-refractivity contribution in [2.24, 2.45) is 5.92 Å². The summed E-state index contributed by atoms with van der Waals surface area (Å²) >= 11 is 0. The third-order valence-corrected chi connectivity index (χ3v) is 2.66. The van der Waals surface area contributed by atoms with Gasteiger partial charge in [0, 0.05) is 12.2 Å². The fraction of sp³-hybridized carbons (Fsp3) is 0.571. The Kier molecular flexibility index (Phi) is 5.33. The van der Waals surface area contributed by atoms with Crippen LogP contribution in [0.2, 0.25) is 0 Å². The first-order valence-electron chi connectivity index (χ1n) is 6.11. The molecule has 0 radical (unpaired) electrons. The molecular formula is C14H24N2. The number of anilines is 1. The third kappa shape index (κ3) is 5.17. The van der Waals surface area contributed by atoms with E-state index in [2.05, 4.69) is 37.9 Å². The summed E-state index contributed by atoms with van der Waals surface area (Å²) in [6.07, 6.45) is 2.36. The summed E-state index contributed by atoms with van der Waals surface area (Å²) < 4.78 is 0. The molecule has 1 aromatic carbocycles. The second-order valence-corrected chi connectivity index (χ2v) is 5.00. The SMILES string of the molecule is CC(C)CN(C)CCCc1ccc(N)cc1. The lowest BCUT2D eigenvalue weighted by atomic mass is 10.1. The summed E-state index contributed by atoms with van der Waals surface area (Å²) in [6.45, 7) is 6.87. The Hall–Kier alpha value is -1.02. The molecule has 0 spiro atoms. The lowest BCUT2D eigenvalue weighted by Gasteiger charge is -2.18. The molecule has 1 rings (SSSR count). The van der Waals surface area contributed by atoms with Gasteiger partial charge in [0.1, 0.15) is 0 Å². The quantitative estimate of drug-likeness (QED) is 0.747. The van der Waals surface area contributed by atoms with Gasteiger partial charge in [0.05, 0.1) is 0 Å². The average Bonchev–Trinajstić information content (AvgIpc) is 2.20. The number of nitrogen functional groups attached to an aromatic ring is 1. The van der Waals surface area contributed by atoms with Crippen LogP contribution in [0.25, 0.3) is 0 Å². The fourth-order valence-corrected chi connectivity index (χ4v) is 1.95. The Labute approximate surface area is 99.5 Å². The molecular weight excluding hydrogens is 196 g/mol. The molecule has 0 heterocycles.